The molecule has 0 amide bonds. The predicted molar refractivity (Wildman–Crippen MR) is 90.8 cm³/mol. The van der Waals surface area contributed by atoms with E-state index in [0.717, 1.165) is 5.56 Å². The van der Waals surface area contributed by atoms with Crippen LogP contribution in [0.4, 0.5) is 0 Å². The molecule has 1 heterocycles. The number of oxazole rings is 1. The molecule has 0 fully saturated rings. The van der Waals surface area contributed by atoms with Crippen molar-refractivity contribution >= 4 is 11.6 Å². The Morgan fingerprint density at radius 3 is 2.21 bits per heavy atom. The molecule has 0 saturated heterocycles. The lowest BCUT2D eigenvalue weighted by atomic mass is 10.2. The van der Waals surface area contributed by atoms with Crippen LogP contribution in [0.1, 0.15) is 5.89 Å². The quantitative estimate of drug-likeness (QED) is 0.654. The Morgan fingerprint density at radius 2 is 1.58 bits per heavy atom. The molecule has 0 aliphatic rings. The topological polar surface area (TPSA) is 53.7 Å². The number of hydrogen-bond donors (Lipinski definition) is 0. The van der Waals surface area contributed by atoms with Crippen molar-refractivity contribution in [1.82, 2.24) is 4.98 Å². The Bertz CT molecular complexity index is 792. The summed E-state index contributed by atoms with van der Waals surface area (Å²) >= 11 is 5.88. The van der Waals surface area contributed by atoms with Crippen molar-refractivity contribution in [1.29, 1.82) is 0 Å². The average molecular weight is 346 g/mol. The van der Waals surface area contributed by atoms with Gasteiger partial charge in [0.1, 0.15) is 17.2 Å². The lowest BCUT2D eigenvalue weighted by Gasteiger charge is -2.09. The monoisotopic (exact) mass is 345 g/mol. The fraction of sp³-hybridized carbons (Fsp3) is 0.167. The number of ether oxygens (including phenoxy) is 3. The zero-order valence-electron chi connectivity index (χ0n) is 13.3. The van der Waals surface area contributed by atoms with E-state index < -0.39 is 0 Å². The van der Waals surface area contributed by atoms with E-state index in [1.54, 1.807) is 50.7 Å². The minimum Gasteiger partial charge on any atom is -0.496 e. The second kappa shape index (κ2) is 7.27. The Labute approximate surface area is 144 Å². The molecule has 0 aliphatic heterocycles. The number of halogens is 1. The molecule has 0 spiro atoms. The van der Waals surface area contributed by atoms with E-state index in [4.69, 9.17) is 30.2 Å². The van der Waals surface area contributed by atoms with E-state index in [1.165, 1.54) is 0 Å². The highest BCUT2D eigenvalue weighted by molar-refractivity contribution is 6.30. The second-order valence-corrected chi connectivity index (χ2v) is 5.40. The SMILES string of the molecule is COc1cc(OC)cc(OCc2ncc(-c3ccc(Cl)cc3)o2)c1. The van der Waals surface area contributed by atoms with Crippen LogP contribution in [0, 0.1) is 0 Å². The van der Waals surface area contributed by atoms with Crippen LogP contribution in [0.2, 0.25) is 5.02 Å². The molecule has 0 unspecified atom stereocenters. The molecular formula is C18H16ClNO4. The molecule has 2 aromatic carbocycles. The first-order valence-corrected chi connectivity index (χ1v) is 7.62. The standard InChI is InChI=1S/C18H16ClNO4/c1-21-14-7-15(22-2)9-16(8-14)23-11-18-20-10-17(24-18)12-3-5-13(19)6-4-12/h3-10H,11H2,1-2H3. The van der Waals surface area contributed by atoms with Gasteiger partial charge in [-0.05, 0) is 24.3 Å². The third-order valence-electron chi connectivity index (χ3n) is 3.37. The summed E-state index contributed by atoms with van der Waals surface area (Å²) in [6.45, 7) is 0.198. The first-order valence-electron chi connectivity index (χ1n) is 7.24. The van der Waals surface area contributed by atoms with E-state index in [0.29, 0.717) is 33.9 Å². The predicted octanol–water partition coefficient (Wildman–Crippen LogP) is 4.59. The highest BCUT2D eigenvalue weighted by Crippen LogP contribution is 2.28. The Morgan fingerprint density at radius 1 is 0.958 bits per heavy atom. The zero-order chi connectivity index (χ0) is 16.9. The molecule has 3 aromatic rings. The molecular weight excluding hydrogens is 330 g/mol. The normalized spacial score (nSPS) is 10.5. The van der Waals surface area contributed by atoms with E-state index in [2.05, 4.69) is 4.98 Å². The van der Waals surface area contributed by atoms with Crippen LogP contribution in [0.15, 0.2) is 53.1 Å². The molecule has 0 N–H and O–H groups in total. The molecule has 0 radical (unpaired) electrons. The van der Waals surface area contributed by atoms with Crippen LogP contribution >= 0.6 is 11.6 Å². The van der Waals surface area contributed by atoms with Gasteiger partial charge >= 0.3 is 0 Å². The summed E-state index contributed by atoms with van der Waals surface area (Å²) in [5.41, 5.74) is 0.904. The van der Waals surface area contributed by atoms with Gasteiger partial charge in [-0.2, -0.15) is 0 Å². The Kier molecular flexibility index (Phi) is 4.91. The van der Waals surface area contributed by atoms with Gasteiger partial charge in [0.05, 0.1) is 20.4 Å². The van der Waals surface area contributed by atoms with Crippen molar-refractivity contribution in [3.8, 4) is 28.6 Å². The molecule has 0 atom stereocenters. The van der Waals surface area contributed by atoms with Crippen molar-refractivity contribution in [2.24, 2.45) is 0 Å². The molecule has 6 heteroatoms. The molecule has 0 aliphatic carbocycles. The van der Waals surface area contributed by atoms with E-state index in [-0.39, 0.29) is 6.61 Å². The summed E-state index contributed by atoms with van der Waals surface area (Å²) in [5, 5.41) is 0.675. The van der Waals surface area contributed by atoms with Crippen LogP contribution in [-0.4, -0.2) is 19.2 Å². The fourth-order valence-electron chi connectivity index (χ4n) is 2.13. The highest BCUT2D eigenvalue weighted by Gasteiger charge is 2.08. The second-order valence-electron chi connectivity index (χ2n) is 4.96. The minimum absolute atomic E-state index is 0.198. The number of nitrogens with zero attached hydrogens (tertiary/aromatic N) is 1. The number of benzene rings is 2. The van der Waals surface area contributed by atoms with Crippen LogP contribution in [-0.2, 0) is 6.61 Å². The lowest BCUT2D eigenvalue weighted by molar-refractivity contribution is 0.261. The summed E-state index contributed by atoms with van der Waals surface area (Å²) in [5.74, 6) is 3.05. The van der Waals surface area contributed by atoms with Crippen LogP contribution in [0.5, 0.6) is 17.2 Å². The van der Waals surface area contributed by atoms with Crippen molar-refractivity contribution < 1.29 is 18.6 Å². The maximum absolute atomic E-state index is 5.88. The van der Waals surface area contributed by atoms with Gasteiger partial charge in [-0.15, -0.1) is 0 Å². The van der Waals surface area contributed by atoms with Crippen molar-refractivity contribution in [3.63, 3.8) is 0 Å². The fourth-order valence-corrected chi connectivity index (χ4v) is 2.26. The zero-order valence-corrected chi connectivity index (χ0v) is 14.0. The summed E-state index contributed by atoms with van der Waals surface area (Å²) in [4.78, 5) is 4.23. The molecule has 0 bridgehead atoms. The van der Waals surface area contributed by atoms with Gasteiger partial charge in [-0.25, -0.2) is 4.98 Å². The van der Waals surface area contributed by atoms with Gasteiger partial charge in [0, 0.05) is 28.8 Å². The number of hydrogen-bond acceptors (Lipinski definition) is 5. The number of rotatable bonds is 6. The van der Waals surface area contributed by atoms with Crippen LogP contribution < -0.4 is 14.2 Å². The van der Waals surface area contributed by atoms with Crippen molar-refractivity contribution in [2.45, 2.75) is 6.61 Å². The van der Waals surface area contributed by atoms with Gasteiger partial charge < -0.3 is 18.6 Å². The summed E-state index contributed by atoms with van der Waals surface area (Å²) in [6, 6.07) is 12.7. The maximum atomic E-state index is 5.88. The first-order chi connectivity index (χ1) is 11.7. The largest absolute Gasteiger partial charge is 0.496 e. The van der Waals surface area contributed by atoms with Gasteiger partial charge in [0.15, 0.2) is 12.4 Å². The Balaban J connectivity index is 1.70. The average Bonchev–Trinajstić information content (AvgIpc) is 3.09. The summed E-state index contributed by atoms with van der Waals surface area (Å²) in [6.07, 6.45) is 1.66. The Hall–Kier alpha value is -2.66. The molecule has 3 rings (SSSR count). The highest BCUT2D eigenvalue weighted by atomic mass is 35.5. The minimum atomic E-state index is 0.198. The van der Waals surface area contributed by atoms with Crippen molar-refractivity contribution in [3.05, 3.63) is 59.6 Å². The molecule has 124 valence electrons. The molecule has 0 saturated carbocycles. The van der Waals surface area contributed by atoms with Gasteiger partial charge in [-0.3, -0.25) is 0 Å². The molecule has 1 aromatic heterocycles. The third kappa shape index (κ3) is 3.81. The van der Waals surface area contributed by atoms with E-state index in [9.17, 15) is 0 Å². The van der Waals surface area contributed by atoms with E-state index >= 15 is 0 Å². The smallest absolute Gasteiger partial charge is 0.232 e. The first kappa shape index (κ1) is 16.2. The maximum Gasteiger partial charge on any atom is 0.232 e. The van der Waals surface area contributed by atoms with Gasteiger partial charge in [0.25, 0.3) is 0 Å². The van der Waals surface area contributed by atoms with Gasteiger partial charge in [0.2, 0.25) is 5.89 Å². The molecule has 5 nitrogen and oxygen atoms in total. The number of methoxy groups -OCH3 is 2. The lowest BCUT2D eigenvalue weighted by Crippen LogP contribution is -1.96. The third-order valence-corrected chi connectivity index (χ3v) is 3.62. The number of aromatic nitrogens is 1. The van der Waals surface area contributed by atoms with Crippen LogP contribution in [0.3, 0.4) is 0 Å². The van der Waals surface area contributed by atoms with Crippen LogP contribution in [0.25, 0.3) is 11.3 Å². The summed E-state index contributed by atoms with van der Waals surface area (Å²) < 4.78 is 21.8. The van der Waals surface area contributed by atoms with Gasteiger partial charge in [-0.1, -0.05) is 11.6 Å². The van der Waals surface area contributed by atoms with E-state index in [1.807, 2.05) is 12.1 Å². The molecule has 24 heavy (non-hydrogen) atoms. The summed E-state index contributed by atoms with van der Waals surface area (Å²) in [7, 11) is 3.18. The van der Waals surface area contributed by atoms with Crippen molar-refractivity contribution in [2.75, 3.05) is 14.2 Å².